The zero-order chi connectivity index (χ0) is 82.1. The van der Waals surface area contributed by atoms with E-state index in [2.05, 4.69) is 415 Å². The predicted octanol–water partition coefficient (Wildman–Crippen LogP) is 31.9. The third-order valence-electron chi connectivity index (χ3n) is 22.5. The molecular weight excluding hydrogens is 1780 g/mol. The van der Waals surface area contributed by atoms with Crippen LogP contribution in [-0.2, 0) is 0 Å². The van der Waals surface area contributed by atoms with E-state index in [1.807, 2.05) is 48.1 Å². The molecule has 0 bridgehead atoms. The summed E-state index contributed by atoms with van der Waals surface area (Å²) in [7, 11) is -25.0. The van der Waals surface area contributed by atoms with E-state index < -0.39 is 163 Å². The fraction of sp³-hybridized carbons (Fsp3) is 0.778. The molecule has 0 aliphatic rings. The van der Waals surface area contributed by atoms with E-state index in [1.54, 1.807) is 16.7 Å². The van der Waals surface area contributed by atoms with Crippen LogP contribution in [0.2, 0.25) is 354 Å². The van der Waals surface area contributed by atoms with Gasteiger partial charge in [0.25, 0.3) is 0 Å². The normalized spacial score (nSPS) is 15.5. The van der Waals surface area contributed by atoms with Crippen molar-refractivity contribution < 1.29 is 0 Å². The molecule has 22 heteroatoms. The summed E-state index contributed by atoms with van der Waals surface area (Å²) < 4.78 is 0. The summed E-state index contributed by atoms with van der Waals surface area (Å²) in [6, 6.07) is 18.6. The van der Waals surface area contributed by atoms with Gasteiger partial charge in [0.15, 0.2) is 0 Å². The summed E-state index contributed by atoms with van der Waals surface area (Å²) >= 11 is -3.47. The van der Waals surface area contributed by atoms with Crippen LogP contribution in [0.3, 0.4) is 0 Å². The minimum atomic E-state index is -3.47. The van der Waals surface area contributed by atoms with Gasteiger partial charge in [0.1, 0.15) is 0 Å². The quantitative estimate of drug-likeness (QED) is 0.0558. The van der Waals surface area contributed by atoms with E-state index in [0.717, 1.165) is 0 Å². The van der Waals surface area contributed by atoms with Gasteiger partial charge in [0.05, 0.1) is 0 Å². The van der Waals surface area contributed by atoms with Crippen molar-refractivity contribution in [2.75, 3.05) is 0 Å². The maximum absolute atomic E-state index is 3.47. The summed E-state index contributed by atoms with van der Waals surface area (Å²) in [4.78, 5) is 5.63. The molecular formula is C81H177BiS3Si18. The van der Waals surface area contributed by atoms with Crippen molar-refractivity contribution in [1.29, 1.82) is 0 Å². The standard InChI is InChI=1S/3C27H60SSi6.Bi/c3*1-29(2,3)25(30(4,5)6)21-19-22(26(31(7,8)9)32(10,11)12)24(28)23(20-21)27(33(13,14)15)34(16,17)18;/h3*19-20,25-28H,1-18H3;/q;;;+3/p-3. The fourth-order valence-corrected chi connectivity index (χ4v) is 171. The van der Waals surface area contributed by atoms with Gasteiger partial charge in [-0.15, -0.1) is 0 Å². The van der Waals surface area contributed by atoms with Crippen LogP contribution in [0, 0.1) is 0 Å². The van der Waals surface area contributed by atoms with E-state index in [9.17, 15) is 0 Å². The van der Waals surface area contributed by atoms with Crippen molar-refractivity contribution in [2.24, 2.45) is 0 Å². The van der Waals surface area contributed by atoms with E-state index >= 15 is 0 Å². The minimum absolute atomic E-state index is 0.642. The first kappa shape index (κ1) is 101. The van der Waals surface area contributed by atoms with Crippen molar-refractivity contribution >= 4 is 188 Å². The zero-order valence-corrected chi connectivity index (χ0v) is 103. The summed E-state index contributed by atoms with van der Waals surface area (Å²) in [5.41, 5.74) is 16.7. The monoisotopic (exact) mass is 1960 g/mol. The second-order valence-electron chi connectivity index (χ2n) is 53.1. The summed E-state index contributed by atoms with van der Waals surface area (Å²) in [6.07, 6.45) is 0. The van der Waals surface area contributed by atoms with Crippen LogP contribution in [0.5, 0.6) is 0 Å². The Morgan fingerprint density at radius 3 is 0.320 bits per heavy atom. The van der Waals surface area contributed by atoms with Crippen LogP contribution in [0.1, 0.15) is 96.6 Å². The van der Waals surface area contributed by atoms with E-state index in [0.29, 0.717) is 46.5 Å². The van der Waals surface area contributed by atoms with E-state index in [4.69, 9.17) is 0 Å². The van der Waals surface area contributed by atoms with Gasteiger partial charge in [-0.3, -0.25) is 0 Å². The van der Waals surface area contributed by atoms with Crippen molar-refractivity contribution in [2.45, 2.75) is 415 Å². The van der Waals surface area contributed by atoms with Crippen molar-refractivity contribution in [1.82, 2.24) is 0 Å². The average molecular weight is 1960 g/mol. The van der Waals surface area contributed by atoms with Gasteiger partial charge in [0.2, 0.25) is 0 Å². The Labute approximate surface area is 681 Å². The molecule has 0 nitrogen and oxygen atoms in total. The molecule has 0 aromatic heterocycles. The second-order valence-corrected chi connectivity index (χ2v) is 179. The van der Waals surface area contributed by atoms with Gasteiger partial charge in [0, 0.05) is 0 Å². The fourth-order valence-electron chi connectivity index (χ4n) is 24.8. The summed E-state index contributed by atoms with van der Waals surface area (Å²) in [5, 5.41) is 5.91. The first-order valence-electron chi connectivity index (χ1n) is 40.9. The van der Waals surface area contributed by atoms with Gasteiger partial charge >= 0.3 is 689 Å². The molecule has 0 heterocycles. The van der Waals surface area contributed by atoms with E-state index in [1.165, 1.54) is 0 Å². The average Bonchev–Trinajstić information content (AvgIpc) is 0.738. The number of hydrogen-bond donors (Lipinski definition) is 0. The van der Waals surface area contributed by atoms with Crippen molar-refractivity contribution in [3.63, 3.8) is 0 Å². The summed E-state index contributed by atoms with van der Waals surface area (Å²) in [6.45, 7) is 152. The molecule has 0 saturated heterocycles. The molecule has 0 amide bonds. The molecule has 3 rings (SSSR count). The van der Waals surface area contributed by atoms with Crippen LogP contribution in [-0.4, -0.2) is 163 Å². The molecule has 0 saturated carbocycles. The Morgan fingerprint density at radius 1 is 0.155 bits per heavy atom. The Morgan fingerprint density at radius 2 is 0.243 bits per heavy atom. The topological polar surface area (TPSA) is 0 Å². The van der Waals surface area contributed by atoms with Gasteiger partial charge in [-0.2, -0.15) is 0 Å². The van der Waals surface area contributed by atoms with Crippen LogP contribution in [0.25, 0.3) is 0 Å². The first-order chi connectivity index (χ1) is 44.5. The number of benzene rings is 3. The molecule has 3 aromatic carbocycles. The number of rotatable bonds is 33. The zero-order valence-electron chi connectivity index (χ0n) is 79.3. The van der Waals surface area contributed by atoms with Crippen molar-refractivity contribution in [3.8, 4) is 0 Å². The van der Waals surface area contributed by atoms with Gasteiger partial charge in [-0.25, -0.2) is 0 Å². The SMILES string of the molecule is C[Si](C)(C)C(c1cc(C([Si](C)(C)C)[Si](C)(C)C)c([S][Bi]([S]c2c(C([Si](C)(C)C)[Si](C)(C)C)cc(C([Si](C)(C)C)[Si](C)(C)C)cc2C([Si](C)(C)C)[Si](C)(C)C)[S]c2c(C([Si](C)(C)C)[Si](C)(C)C)cc(C([Si](C)(C)C)[Si](C)(C)C)cc2C([Si](C)(C)C)[Si](C)(C)C)c(C([Si](C)(C)C)[Si](C)(C)C)c1)[Si](C)(C)C. The predicted molar refractivity (Wildman–Crippen MR) is 548 cm³/mol. The van der Waals surface area contributed by atoms with Crippen LogP contribution in [0.15, 0.2) is 51.1 Å². The number of hydrogen-bond acceptors (Lipinski definition) is 3. The van der Waals surface area contributed by atoms with Crippen LogP contribution < -0.4 is 0 Å². The third-order valence-corrected chi connectivity index (χ3v) is 132. The molecule has 0 radical (unpaired) electrons. The molecule has 3 aromatic rings. The molecule has 0 fully saturated rings. The first-order valence-corrected chi connectivity index (χ1v) is 120. The molecule has 0 aliphatic heterocycles. The van der Waals surface area contributed by atoms with E-state index in [-0.39, 0.29) is 0 Å². The summed E-state index contributed by atoms with van der Waals surface area (Å²) in [5.74, 6) is 0. The van der Waals surface area contributed by atoms with Crippen LogP contribution in [0.4, 0.5) is 0 Å². The van der Waals surface area contributed by atoms with Gasteiger partial charge in [-0.05, 0) is 0 Å². The molecule has 0 aliphatic carbocycles. The second kappa shape index (κ2) is 33.1. The van der Waals surface area contributed by atoms with Crippen LogP contribution >= 0.6 is 25.6 Å². The molecule has 0 unspecified atom stereocenters. The van der Waals surface area contributed by atoms with Crippen molar-refractivity contribution in [3.05, 3.63) is 86.5 Å². The molecule has 0 atom stereocenters. The Kier molecular flexibility index (Phi) is 32.4. The molecule has 0 N–H and O–H groups in total. The molecule has 0 spiro atoms. The third kappa shape index (κ3) is 26.2. The van der Waals surface area contributed by atoms with Gasteiger partial charge in [-0.1, -0.05) is 0 Å². The Bertz CT molecular complexity index is 2730. The van der Waals surface area contributed by atoms with Gasteiger partial charge < -0.3 is 0 Å². The maximum atomic E-state index is 3.10. The Hall–Kier alpha value is 3.50. The molecule has 596 valence electrons. The Balaban J connectivity index is 3.55. The molecule has 103 heavy (non-hydrogen) atoms.